The molecule has 0 aliphatic rings. The van der Waals surface area contributed by atoms with E-state index in [0.717, 1.165) is 0 Å². The Labute approximate surface area is 106 Å². The smallest absolute Gasteiger partial charge is 0.371 e. The van der Waals surface area contributed by atoms with Crippen molar-refractivity contribution in [2.45, 2.75) is 12.5 Å². The lowest BCUT2D eigenvalue weighted by Gasteiger charge is -2.17. The van der Waals surface area contributed by atoms with E-state index in [2.05, 4.69) is 0 Å². The number of hydrogen-bond donors (Lipinski definition) is 3. The summed E-state index contributed by atoms with van der Waals surface area (Å²) in [5.74, 6) is -3.33. The molecule has 100 valence electrons. The highest BCUT2D eigenvalue weighted by molar-refractivity contribution is 5.84. The number of carboxylic acids is 2. The van der Waals surface area contributed by atoms with Crippen molar-refractivity contribution in [3.05, 3.63) is 47.3 Å². The first-order chi connectivity index (χ1) is 8.82. The maximum atomic E-state index is 10.7. The summed E-state index contributed by atoms with van der Waals surface area (Å²) in [6.07, 6.45) is 0. The van der Waals surface area contributed by atoms with Crippen LogP contribution in [-0.4, -0.2) is 27.3 Å². The second-order valence-electron chi connectivity index (χ2n) is 4.01. The molecule has 0 radical (unpaired) electrons. The molecule has 0 bridgehead atoms. The van der Waals surface area contributed by atoms with Gasteiger partial charge in [-0.15, -0.1) is 0 Å². The molecule has 0 aliphatic carbocycles. The molecular weight excluding hydrogens is 256 g/mol. The molecule has 0 spiro atoms. The van der Waals surface area contributed by atoms with Gasteiger partial charge in [-0.25, -0.2) is 9.59 Å². The first kappa shape index (κ1) is 12.9. The number of carboxylic acid groups (broad SMARTS) is 2. The van der Waals surface area contributed by atoms with Crippen LogP contribution in [0.5, 0.6) is 0 Å². The van der Waals surface area contributed by atoms with Crippen LogP contribution in [0, 0.1) is 0 Å². The highest BCUT2D eigenvalue weighted by Crippen LogP contribution is 2.31. The van der Waals surface area contributed by atoms with Crippen molar-refractivity contribution in [3.8, 4) is 0 Å². The molecule has 0 atom stereocenters. The second-order valence-corrected chi connectivity index (χ2v) is 4.01. The topological polar surface area (TPSA) is 121 Å². The molecule has 0 saturated carbocycles. The maximum Gasteiger partial charge on any atom is 0.371 e. The van der Waals surface area contributed by atoms with E-state index in [0.29, 0.717) is 0 Å². The molecule has 2 rings (SSSR count). The standard InChI is InChI=1S/C12H10O7/c1-12(17,8-4-2-6(18-8)10(13)14)9-5-3-7(19-9)11(15)16/h2-5,17H,1H3,(H,13,14)(H,15,16). The SMILES string of the molecule is CC(O)(c1ccc(C(=O)O)o1)c1ccc(C(=O)O)o1. The number of rotatable bonds is 4. The van der Waals surface area contributed by atoms with Crippen molar-refractivity contribution < 1.29 is 33.7 Å². The molecule has 0 saturated heterocycles. The van der Waals surface area contributed by atoms with Crippen molar-refractivity contribution in [2.24, 2.45) is 0 Å². The molecule has 2 aromatic rings. The lowest BCUT2D eigenvalue weighted by molar-refractivity contribution is 0.0451. The van der Waals surface area contributed by atoms with E-state index in [4.69, 9.17) is 19.0 Å². The van der Waals surface area contributed by atoms with Gasteiger partial charge in [-0.1, -0.05) is 0 Å². The molecule has 0 fully saturated rings. The van der Waals surface area contributed by atoms with Crippen LogP contribution in [0.4, 0.5) is 0 Å². The van der Waals surface area contributed by atoms with E-state index in [1.807, 2.05) is 0 Å². The van der Waals surface area contributed by atoms with Gasteiger partial charge >= 0.3 is 11.9 Å². The number of hydrogen-bond acceptors (Lipinski definition) is 5. The van der Waals surface area contributed by atoms with Crippen LogP contribution in [0.25, 0.3) is 0 Å². The molecule has 7 heteroatoms. The third kappa shape index (κ3) is 2.23. The summed E-state index contributed by atoms with van der Waals surface area (Å²) < 4.78 is 9.95. The second kappa shape index (κ2) is 4.29. The fraction of sp³-hybridized carbons (Fsp3) is 0.167. The number of carbonyl (C=O) groups is 2. The van der Waals surface area contributed by atoms with Crippen molar-refractivity contribution >= 4 is 11.9 Å². The molecule has 2 aromatic heterocycles. The Morgan fingerprint density at radius 3 is 1.58 bits per heavy atom. The predicted octanol–water partition coefficient (Wildman–Crippen LogP) is 1.52. The van der Waals surface area contributed by atoms with Crippen molar-refractivity contribution in [1.29, 1.82) is 0 Å². The third-order valence-corrected chi connectivity index (χ3v) is 2.59. The third-order valence-electron chi connectivity index (χ3n) is 2.59. The number of aliphatic hydroxyl groups is 1. The lowest BCUT2D eigenvalue weighted by atomic mass is 10.0. The van der Waals surface area contributed by atoms with Crippen LogP contribution in [-0.2, 0) is 5.60 Å². The first-order valence-corrected chi connectivity index (χ1v) is 5.22. The highest BCUT2D eigenvalue weighted by Gasteiger charge is 2.34. The Kier molecular flexibility index (Phi) is 2.91. The van der Waals surface area contributed by atoms with Gasteiger partial charge in [0.15, 0.2) is 5.60 Å². The van der Waals surface area contributed by atoms with Gasteiger partial charge in [-0.3, -0.25) is 0 Å². The maximum absolute atomic E-state index is 10.7. The fourth-order valence-electron chi connectivity index (χ4n) is 1.55. The van der Waals surface area contributed by atoms with E-state index < -0.39 is 17.5 Å². The molecule has 0 aliphatic heterocycles. The summed E-state index contributed by atoms with van der Waals surface area (Å²) in [6.45, 7) is 1.31. The van der Waals surface area contributed by atoms with Gasteiger partial charge in [0.2, 0.25) is 11.5 Å². The zero-order valence-electron chi connectivity index (χ0n) is 9.78. The molecule has 19 heavy (non-hydrogen) atoms. The minimum absolute atomic E-state index is 0.0591. The van der Waals surface area contributed by atoms with Crippen LogP contribution in [0.15, 0.2) is 33.1 Å². The Morgan fingerprint density at radius 1 is 0.947 bits per heavy atom. The quantitative estimate of drug-likeness (QED) is 0.766. The summed E-state index contributed by atoms with van der Waals surface area (Å²) in [6, 6.07) is 4.94. The van der Waals surface area contributed by atoms with Crippen molar-refractivity contribution in [3.63, 3.8) is 0 Å². The lowest BCUT2D eigenvalue weighted by Crippen LogP contribution is -2.21. The zero-order chi connectivity index (χ0) is 14.2. The molecule has 0 unspecified atom stereocenters. The van der Waals surface area contributed by atoms with Crippen molar-refractivity contribution in [2.75, 3.05) is 0 Å². The van der Waals surface area contributed by atoms with Gasteiger partial charge in [-0.2, -0.15) is 0 Å². The monoisotopic (exact) mass is 266 g/mol. The van der Waals surface area contributed by atoms with Gasteiger partial charge in [0.05, 0.1) is 0 Å². The average molecular weight is 266 g/mol. The van der Waals surface area contributed by atoms with E-state index in [1.54, 1.807) is 0 Å². The van der Waals surface area contributed by atoms with E-state index in [-0.39, 0.29) is 23.0 Å². The molecule has 2 heterocycles. The van der Waals surface area contributed by atoms with Gasteiger partial charge in [0.1, 0.15) is 11.5 Å². The van der Waals surface area contributed by atoms with Crippen LogP contribution >= 0.6 is 0 Å². The Bertz CT molecular complexity index is 578. The van der Waals surface area contributed by atoms with Gasteiger partial charge in [-0.05, 0) is 31.2 Å². The van der Waals surface area contributed by atoms with Gasteiger partial charge in [0.25, 0.3) is 0 Å². The minimum Gasteiger partial charge on any atom is -0.475 e. The number of aromatic carboxylic acids is 2. The Morgan fingerprint density at radius 2 is 1.32 bits per heavy atom. The Hall–Kier alpha value is -2.54. The van der Waals surface area contributed by atoms with Crippen LogP contribution < -0.4 is 0 Å². The predicted molar refractivity (Wildman–Crippen MR) is 60.0 cm³/mol. The molecule has 0 amide bonds. The van der Waals surface area contributed by atoms with Crippen LogP contribution in [0.3, 0.4) is 0 Å². The van der Waals surface area contributed by atoms with Gasteiger partial charge < -0.3 is 24.2 Å². The average Bonchev–Trinajstić information content (AvgIpc) is 2.99. The summed E-state index contributed by atoms with van der Waals surface area (Å²) in [5.41, 5.74) is -1.76. The van der Waals surface area contributed by atoms with Gasteiger partial charge in [0, 0.05) is 0 Å². The summed E-state index contributed by atoms with van der Waals surface area (Å²) in [7, 11) is 0. The molecule has 3 N–H and O–H groups in total. The summed E-state index contributed by atoms with van der Waals surface area (Å²) in [5, 5.41) is 27.7. The summed E-state index contributed by atoms with van der Waals surface area (Å²) >= 11 is 0. The Balaban J connectivity index is 2.39. The first-order valence-electron chi connectivity index (χ1n) is 5.22. The van der Waals surface area contributed by atoms with Crippen LogP contribution in [0.2, 0.25) is 0 Å². The van der Waals surface area contributed by atoms with E-state index in [9.17, 15) is 14.7 Å². The van der Waals surface area contributed by atoms with Crippen molar-refractivity contribution in [1.82, 2.24) is 0 Å². The fourth-order valence-corrected chi connectivity index (χ4v) is 1.55. The van der Waals surface area contributed by atoms with E-state index in [1.165, 1.54) is 31.2 Å². The highest BCUT2D eigenvalue weighted by atomic mass is 16.4. The normalized spacial score (nSPS) is 11.5. The van der Waals surface area contributed by atoms with Crippen LogP contribution in [0.1, 0.15) is 39.6 Å². The zero-order valence-corrected chi connectivity index (χ0v) is 9.78. The molecule has 7 nitrogen and oxygen atoms in total. The summed E-state index contributed by atoms with van der Waals surface area (Å²) in [4.78, 5) is 21.4. The molecular formula is C12H10O7. The number of furan rings is 2. The van der Waals surface area contributed by atoms with E-state index >= 15 is 0 Å². The molecule has 0 aromatic carbocycles. The minimum atomic E-state index is -1.76. The largest absolute Gasteiger partial charge is 0.475 e.